The van der Waals surface area contributed by atoms with E-state index >= 15 is 0 Å². The number of rotatable bonds is 5. The van der Waals surface area contributed by atoms with Gasteiger partial charge in [-0.15, -0.1) is 11.6 Å². The first-order valence-corrected chi connectivity index (χ1v) is 6.93. The third-order valence-electron chi connectivity index (χ3n) is 2.65. The van der Waals surface area contributed by atoms with Crippen molar-refractivity contribution in [1.29, 1.82) is 0 Å². The molecule has 3 nitrogen and oxygen atoms in total. The monoisotopic (exact) mass is 328 g/mol. The molecule has 2 rings (SSSR count). The van der Waals surface area contributed by atoms with Crippen LogP contribution in [0, 0.1) is 0 Å². The number of hydrogen-bond donors (Lipinski definition) is 1. The molecule has 1 aromatic heterocycles. The second-order valence-electron chi connectivity index (χ2n) is 3.95. The average Bonchev–Trinajstić information content (AvgIpc) is 2.39. The lowest BCUT2D eigenvalue weighted by Crippen LogP contribution is -2.27. The second kappa shape index (κ2) is 6.36. The SMILES string of the molecule is COCC(CCl)Nc1nccc2c(Br)cccc12. The molecule has 0 aliphatic carbocycles. The average molecular weight is 330 g/mol. The lowest BCUT2D eigenvalue weighted by molar-refractivity contribution is 0.191. The van der Waals surface area contributed by atoms with Gasteiger partial charge in [-0.1, -0.05) is 28.1 Å². The predicted molar refractivity (Wildman–Crippen MR) is 79.4 cm³/mol. The van der Waals surface area contributed by atoms with Gasteiger partial charge in [0.15, 0.2) is 0 Å². The number of aromatic nitrogens is 1. The van der Waals surface area contributed by atoms with Gasteiger partial charge in [-0.2, -0.15) is 0 Å². The van der Waals surface area contributed by atoms with Crippen LogP contribution in [-0.2, 0) is 4.74 Å². The molecule has 0 radical (unpaired) electrons. The maximum Gasteiger partial charge on any atom is 0.134 e. The molecule has 1 N–H and O–H groups in total. The Labute approximate surface area is 120 Å². The van der Waals surface area contributed by atoms with Gasteiger partial charge in [-0.3, -0.25) is 0 Å². The summed E-state index contributed by atoms with van der Waals surface area (Å²) in [4.78, 5) is 4.37. The summed E-state index contributed by atoms with van der Waals surface area (Å²) >= 11 is 9.44. The highest BCUT2D eigenvalue weighted by atomic mass is 79.9. The highest BCUT2D eigenvalue weighted by Gasteiger charge is 2.10. The van der Waals surface area contributed by atoms with Gasteiger partial charge in [0.25, 0.3) is 0 Å². The van der Waals surface area contributed by atoms with Crippen molar-refractivity contribution in [1.82, 2.24) is 4.98 Å². The smallest absolute Gasteiger partial charge is 0.134 e. The molecule has 0 saturated carbocycles. The van der Waals surface area contributed by atoms with Crippen molar-refractivity contribution in [2.24, 2.45) is 0 Å². The summed E-state index contributed by atoms with van der Waals surface area (Å²) in [5, 5.41) is 5.50. The maximum absolute atomic E-state index is 5.90. The van der Waals surface area contributed by atoms with E-state index < -0.39 is 0 Å². The van der Waals surface area contributed by atoms with Crippen LogP contribution in [0.1, 0.15) is 0 Å². The number of halogens is 2. The number of fused-ring (bicyclic) bond motifs is 1. The third-order valence-corrected chi connectivity index (χ3v) is 3.71. The number of methoxy groups -OCH3 is 1. The molecule has 1 unspecified atom stereocenters. The van der Waals surface area contributed by atoms with Crippen molar-refractivity contribution in [3.05, 3.63) is 34.9 Å². The second-order valence-corrected chi connectivity index (χ2v) is 5.11. The first-order valence-electron chi connectivity index (χ1n) is 5.61. The Morgan fingerprint density at radius 3 is 2.94 bits per heavy atom. The zero-order valence-electron chi connectivity index (χ0n) is 9.99. The summed E-state index contributed by atoms with van der Waals surface area (Å²) < 4.78 is 6.17. The fourth-order valence-electron chi connectivity index (χ4n) is 1.80. The fourth-order valence-corrected chi connectivity index (χ4v) is 2.47. The minimum atomic E-state index is 0.0498. The first-order chi connectivity index (χ1) is 8.76. The van der Waals surface area contributed by atoms with Gasteiger partial charge in [0.2, 0.25) is 0 Å². The molecule has 0 aliphatic heterocycles. The predicted octanol–water partition coefficient (Wildman–Crippen LogP) is 3.66. The number of alkyl halides is 1. The van der Waals surface area contributed by atoms with E-state index in [-0.39, 0.29) is 6.04 Å². The summed E-state index contributed by atoms with van der Waals surface area (Å²) in [6, 6.07) is 8.07. The van der Waals surface area contributed by atoms with E-state index in [1.54, 1.807) is 13.3 Å². The molecule has 0 spiro atoms. The van der Waals surface area contributed by atoms with Gasteiger partial charge in [0, 0.05) is 34.4 Å². The summed E-state index contributed by atoms with van der Waals surface area (Å²) in [6.45, 7) is 0.551. The number of anilines is 1. The van der Waals surface area contributed by atoms with Gasteiger partial charge >= 0.3 is 0 Å². The zero-order valence-corrected chi connectivity index (χ0v) is 12.3. The molecule has 18 heavy (non-hydrogen) atoms. The molecule has 96 valence electrons. The van der Waals surface area contributed by atoms with Crippen LogP contribution in [0.25, 0.3) is 10.8 Å². The Hall–Kier alpha value is -0.840. The molecular weight excluding hydrogens is 316 g/mol. The molecule has 1 aromatic carbocycles. The van der Waals surface area contributed by atoms with E-state index in [4.69, 9.17) is 16.3 Å². The lowest BCUT2D eigenvalue weighted by Gasteiger charge is -2.17. The van der Waals surface area contributed by atoms with Gasteiger partial charge in [0.1, 0.15) is 5.82 Å². The molecule has 0 saturated heterocycles. The van der Waals surface area contributed by atoms with E-state index in [1.165, 1.54) is 0 Å². The minimum Gasteiger partial charge on any atom is -0.383 e. The van der Waals surface area contributed by atoms with E-state index in [2.05, 4.69) is 26.2 Å². The van der Waals surface area contributed by atoms with E-state index in [0.717, 1.165) is 21.1 Å². The molecule has 5 heteroatoms. The zero-order chi connectivity index (χ0) is 13.0. The summed E-state index contributed by atoms with van der Waals surface area (Å²) in [5.41, 5.74) is 0. The van der Waals surface area contributed by atoms with Crippen molar-refractivity contribution in [3.63, 3.8) is 0 Å². The fraction of sp³-hybridized carbons (Fsp3) is 0.308. The van der Waals surface area contributed by atoms with Crippen molar-refractivity contribution >= 4 is 44.1 Å². The molecule has 1 atom stereocenters. The van der Waals surface area contributed by atoms with Gasteiger partial charge in [-0.05, 0) is 12.1 Å². The largest absolute Gasteiger partial charge is 0.383 e. The molecule has 1 heterocycles. The normalized spacial score (nSPS) is 12.6. The molecule has 0 amide bonds. The Kier molecular flexibility index (Phi) is 4.80. The number of nitrogens with one attached hydrogen (secondary N) is 1. The van der Waals surface area contributed by atoms with E-state index in [1.807, 2.05) is 24.3 Å². The van der Waals surface area contributed by atoms with Gasteiger partial charge in [0.05, 0.1) is 12.6 Å². The van der Waals surface area contributed by atoms with Crippen LogP contribution < -0.4 is 5.32 Å². The quantitative estimate of drug-likeness (QED) is 0.850. The van der Waals surface area contributed by atoms with Crippen LogP contribution in [0.5, 0.6) is 0 Å². The van der Waals surface area contributed by atoms with Crippen LogP contribution in [0.3, 0.4) is 0 Å². The van der Waals surface area contributed by atoms with E-state index in [0.29, 0.717) is 12.5 Å². The molecule has 0 fully saturated rings. The molecule has 0 bridgehead atoms. The Morgan fingerprint density at radius 1 is 1.39 bits per heavy atom. The van der Waals surface area contributed by atoms with E-state index in [9.17, 15) is 0 Å². The molecular formula is C13H14BrClN2O. The van der Waals surface area contributed by atoms with Gasteiger partial charge < -0.3 is 10.1 Å². The summed E-state index contributed by atoms with van der Waals surface area (Å²) in [7, 11) is 1.66. The molecule has 0 aliphatic rings. The lowest BCUT2D eigenvalue weighted by atomic mass is 10.1. The molecule has 2 aromatic rings. The third kappa shape index (κ3) is 2.94. The minimum absolute atomic E-state index is 0.0498. The standard InChI is InChI=1S/C13H14BrClN2O/c1-18-8-9(7-15)17-13-11-3-2-4-12(14)10(11)5-6-16-13/h2-6,9H,7-8H2,1H3,(H,16,17). The van der Waals surface area contributed by atoms with Crippen LogP contribution in [0.2, 0.25) is 0 Å². The topological polar surface area (TPSA) is 34.1 Å². The Morgan fingerprint density at radius 2 is 2.22 bits per heavy atom. The van der Waals surface area contributed by atoms with Crippen LogP contribution in [0.15, 0.2) is 34.9 Å². The number of hydrogen-bond acceptors (Lipinski definition) is 3. The number of ether oxygens (including phenoxy) is 1. The Balaban J connectivity index is 2.36. The van der Waals surface area contributed by atoms with Gasteiger partial charge in [-0.25, -0.2) is 4.98 Å². The highest BCUT2D eigenvalue weighted by molar-refractivity contribution is 9.10. The van der Waals surface area contributed by atoms with Crippen molar-refractivity contribution in [3.8, 4) is 0 Å². The Bertz CT molecular complexity index is 535. The van der Waals surface area contributed by atoms with Crippen LogP contribution >= 0.6 is 27.5 Å². The van der Waals surface area contributed by atoms with Crippen molar-refractivity contribution < 1.29 is 4.74 Å². The number of pyridine rings is 1. The van der Waals surface area contributed by atoms with Crippen LogP contribution in [-0.4, -0.2) is 30.6 Å². The summed E-state index contributed by atoms with van der Waals surface area (Å²) in [5.74, 6) is 1.30. The summed E-state index contributed by atoms with van der Waals surface area (Å²) in [6.07, 6.45) is 1.79. The van der Waals surface area contributed by atoms with Crippen LogP contribution in [0.4, 0.5) is 5.82 Å². The van der Waals surface area contributed by atoms with Crippen molar-refractivity contribution in [2.45, 2.75) is 6.04 Å². The first kappa shape index (κ1) is 13.6. The van der Waals surface area contributed by atoms with Crippen molar-refractivity contribution in [2.75, 3.05) is 24.9 Å². The number of benzene rings is 1. The highest BCUT2D eigenvalue weighted by Crippen LogP contribution is 2.27. The maximum atomic E-state index is 5.90. The number of nitrogens with zero attached hydrogens (tertiary/aromatic N) is 1.